The van der Waals surface area contributed by atoms with Crippen LogP contribution in [0.2, 0.25) is 0 Å². The van der Waals surface area contributed by atoms with Crippen molar-refractivity contribution in [2.24, 2.45) is 4.99 Å². The second kappa shape index (κ2) is 7.30. The Kier molecular flexibility index (Phi) is 4.49. The molecule has 0 saturated heterocycles. The molecule has 0 atom stereocenters. The van der Waals surface area contributed by atoms with Crippen LogP contribution in [0.3, 0.4) is 0 Å². The SMILES string of the molecule is CCn1c2ccccc2c2cc(C=Nc3nc(-c4ccc(C)cc4)cs3)ccc21. The Bertz CT molecular complexity index is 1340. The van der Waals surface area contributed by atoms with Crippen molar-refractivity contribution in [1.82, 2.24) is 9.55 Å². The van der Waals surface area contributed by atoms with E-state index in [1.54, 1.807) is 11.3 Å². The summed E-state index contributed by atoms with van der Waals surface area (Å²) in [6, 6.07) is 23.6. The number of nitrogens with zero attached hydrogens (tertiary/aromatic N) is 3. The first-order chi connectivity index (χ1) is 14.2. The fourth-order valence-corrected chi connectivity index (χ4v) is 4.47. The van der Waals surface area contributed by atoms with Gasteiger partial charge in [-0.05, 0) is 37.6 Å². The highest BCUT2D eigenvalue weighted by Gasteiger charge is 2.09. The zero-order valence-corrected chi connectivity index (χ0v) is 17.3. The number of aliphatic imine (C=N–C) groups is 1. The second-order valence-electron chi connectivity index (χ2n) is 7.18. The van der Waals surface area contributed by atoms with Crippen molar-refractivity contribution in [3.05, 3.63) is 83.2 Å². The number of fused-ring (bicyclic) bond motifs is 3. The summed E-state index contributed by atoms with van der Waals surface area (Å²) in [5, 5.41) is 5.40. The fourth-order valence-electron chi connectivity index (χ4n) is 3.80. The predicted molar refractivity (Wildman–Crippen MR) is 125 cm³/mol. The standard InChI is InChI=1S/C25H21N3S/c1-3-28-23-7-5-4-6-20(23)21-14-18(10-13-24(21)28)15-26-25-27-22(16-29-25)19-11-8-17(2)9-12-19/h4-16H,3H2,1-2H3. The van der Waals surface area contributed by atoms with Crippen LogP contribution >= 0.6 is 11.3 Å². The number of rotatable bonds is 4. The maximum Gasteiger partial charge on any atom is 0.209 e. The molecule has 142 valence electrons. The third kappa shape index (κ3) is 3.26. The Labute approximate surface area is 174 Å². The van der Waals surface area contributed by atoms with Crippen LogP contribution in [0.15, 0.2) is 77.1 Å². The van der Waals surface area contributed by atoms with Crippen molar-refractivity contribution in [2.45, 2.75) is 20.4 Å². The molecule has 0 radical (unpaired) electrons. The molecule has 0 aliphatic rings. The minimum absolute atomic E-state index is 0.775. The van der Waals surface area contributed by atoms with Gasteiger partial charge in [0.05, 0.1) is 5.69 Å². The van der Waals surface area contributed by atoms with E-state index in [0.717, 1.165) is 28.5 Å². The molecule has 0 amide bonds. The molecule has 0 saturated carbocycles. The van der Waals surface area contributed by atoms with E-state index in [-0.39, 0.29) is 0 Å². The quantitative estimate of drug-likeness (QED) is 0.301. The highest BCUT2D eigenvalue weighted by atomic mass is 32.1. The van der Waals surface area contributed by atoms with E-state index in [0.29, 0.717) is 0 Å². The first kappa shape index (κ1) is 17.8. The Morgan fingerprint density at radius 3 is 2.59 bits per heavy atom. The van der Waals surface area contributed by atoms with Crippen molar-refractivity contribution in [1.29, 1.82) is 0 Å². The predicted octanol–water partition coefficient (Wildman–Crippen LogP) is 7.00. The van der Waals surface area contributed by atoms with Crippen LogP contribution in [0.1, 0.15) is 18.1 Å². The van der Waals surface area contributed by atoms with Gasteiger partial charge in [0.2, 0.25) is 5.13 Å². The van der Waals surface area contributed by atoms with E-state index in [1.807, 2.05) is 6.21 Å². The second-order valence-corrected chi connectivity index (χ2v) is 8.01. The fraction of sp³-hybridized carbons (Fsp3) is 0.120. The molecule has 29 heavy (non-hydrogen) atoms. The van der Waals surface area contributed by atoms with Crippen molar-refractivity contribution in [3.63, 3.8) is 0 Å². The highest BCUT2D eigenvalue weighted by Crippen LogP contribution is 2.30. The minimum Gasteiger partial charge on any atom is -0.341 e. The number of aryl methyl sites for hydroxylation is 2. The highest BCUT2D eigenvalue weighted by molar-refractivity contribution is 7.13. The maximum atomic E-state index is 4.67. The summed E-state index contributed by atoms with van der Waals surface area (Å²) >= 11 is 1.57. The Morgan fingerprint density at radius 1 is 0.966 bits per heavy atom. The lowest BCUT2D eigenvalue weighted by Gasteiger charge is -2.02. The van der Waals surface area contributed by atoms with Crippen LogP contribution in [0.5, 0.6) is 0 Å². The van der Waals surface area contributed by atoms with E-state index in [4.69, 9.17) is 0 Å². The Hall–Kier alpha value is -3.24. The van der Waals surface area contributed by atoms with Gasteiger partial charge in [-0.1, -0.05) is 54.1 Å². The van der Waals surface area contributed by atoms with Crippen LogP contribution in [0, 0.1) is 6.92 Å². The van der Waals surface area contributed by atoms with Crippen molar-refractivity contribution in [2.75, 3.05) is 0 Å². The molecular weight excluding hydrogens is 374 g/mol. The molecule has 2 aromatic heterocycles. The van der Waals surface area contributed by atoms with Crippen LogP contribution < -0.4 is 0 Å². The number of hydrogen-bond donors (Lipinski definition) is 0. The number of thiazole rings is 1. The number of hydrogen-bond acceptors (Lipinski definition) is 3. The molecule has 0 N–H and O–H groups in total. The van der Waals surface area contributed by atoms with E-state index >= 15 is 0 Å². The van der Waals surface area contributed by atoms with E-state index < -0.39 is 0 Å². The lowest BCUT2D eigenvalue weighted by Crippen LogP contribution is -1.92. The average molecular weight is 396 g/mol. The van der Waals surface area contributed by atoms with Gasteiger partial charge in [0.25, 0.3) is 0 Å². The zero-order chi connectivity index (χ0) is 19.8. The van der Waals surface area contributed by atoms with Gasteiger partial charge in [0.15, 0.2) is 0 Å². The molecule has 3 nitrogen and oxygen atoms in total. The molecular formula is C25H21N3S. The first-order valence-electron chi connectivity index (χ1n) is 9.80. The Morgan fingerprint density at radius 2 is 1.76 bits per heavy atom. The lowest BCUT2D eigenvalue weighted by atomic mass is 10.1. The van der Waals surface area contributed by atoms with Crippen LogP contribution in [-0.2, 0) is 6.54 Å². The number of aromatic nitrogens is 2. The van der Waals surface area contributed by atoms with E-state index in [1.165, 1.54) is 27.4 Å². The number of para-hydroxylation sites is 1. The molecule has 5 rings (SSSR count). The molecule has 0 spiro atoms. The normalized spacial score (nSPS) is 11.8. The monoisotopic (exact) mass is 395 g/mol. The van der Waals surface area contributed by atoms with Gasteiger partial charge < -0.3 is 4.57 Å². The van der Waals surface area contributed by atoms with Crippen LogP contribution in [0.4, 0.5) is 5.13 Å². The lowest BCUT2D eigenvalue weighted by molar-refractivity contribution is 0.827. The van der Waals surface area contributed by atoms with Crippen molar-refractivity contribution in [3.8, 4) is 11.3 Å². The van der Waals surface area contributed by atoms with Gasteiger partial charge in [-0.15, -0.1) is 11.3 Å². The molecule has 5 aromatic rings. The Balaban J connectivity index is 1.48. The maximum absolute atomic E-state index is 4.67. The van der Waals surface area contributed by atoms with Gasteiger partial charge in [-0.3, -0.25) is 0 Å². The van der Waals surface area contributed by atoms with Crippen LogP contribution in [0.25, 0.3) is 33.1 Å². The molecule has 0 aliphatic heterocycles. The van der Waals surface area contributed by atoms with Gasteiger partial charge in [-0.2, -0.15) is 0 Å². The van der Waals surface area contributed by atoms with E-state index in [2.05, 4.69) is 101 Å². The summed E-state index contributed by atoms with van der Waals surface area (Å²) in [5.74, 6) is 0. The molecule has 0 fully saturated rings. The summed E-state index contributed by atoms with van der Waals surface area (Å²) in [7, 11) is 0. The summed E-state index contributed by atoms with van der Waals surface area (Å²) in [6.45, 7) is 5.24. The molecule has 0 aliphatic carbocycles. The smallest absolute Gasteiger partial charge is 0.209 e. The molecule has 0 unspecified atom stereocenters. The van der Waals surface area contributed by atoms with Gasteiger partial charge >= 0.3 is 0 Å². The molecule has 2 heterocycles. The largest absolute Gasteiger partial charge is 0.341 e. The summed E-state index contributed by atoms with van der Waals surface area (Å²) in [5.41, 5.74) is 6.99. The molecule has 4 heteroatoms. The first-order valence-corrected chi connectivity index (χ1v) is 10.7. The average Bonchev–Trinajstić information content (AvgIpc) is 3.35. The third-order valence-electron chi connectivity index (χ3n) is 5.28. The topological polar surface area (TPSA) is 30.2 Å². The van der Waals surface area contributed by atoms with Crippen LogP contribution in [-0.4, -0.2) is 15.8 Å². The molecule has 0 bridgehead atoms. The van der Waals surface area contributed by atoms with Crippen molar-refractivity contribution >= 4 is 44.5 Å². The van der Waals surface area contributed by atoms with Crippen molar-refractivity contribution < 1.29 is 0 Å². The minimum atomic E-state index is 0.775. The summed E-state index contributed by atoms with van der Waals surface area (Å²) in [6.07, 6.45) is 1.91. The number of benzene rings is 3. The molecule has 3 aromatic carbocycles. The van der Waals surface area contributed by atoms with E-state index in [9.17, 15) is 0 Å². The van der Waals surface area contributed by atoms with Gasteiger partial charge in [-0.25, -0.2) is 9.98 Å². The van der Waals surface area contributed by atoms with Gasteiger partial charge in [0.1, 0.15) is 0 Å². The zero-order valence-electron chi connectivity index (χ0n) is 16.5. The van der Waals surface area contributed by atoms with Gasteiger partial charge in [0, 0.05) is 45.5 Å². The summed E-state index contributed by atoms with van der Waals surface area (Å²) in [4.78, 5) is 9.30. The summed E-state index contributed by atoms with van der Waals surface area (Å²) < 4.78 is 2.36. The third-order valence-corrected chi connectivity index (χ3v) is 6.02.